The fraction of sp³-hybridized carbons (Fsp3) is 0.278. The van der Waals surface area contributed by atoms with Crippen LogP contribution in [0.15, 0.2) is 54.6 Å². The maximum absolute atomic E-state index is 12.6. The third kappa shape index (κ3) is 4.36. The standard InChI is InChI=1S/C18H21NO2S/c1-22-13-15(11-12-20)19-18(21)17-10-6-5-9-16(17)14-7-3-2-4-8-14/h2-10,15,20H,11-13H2,1H3,(H,19,21). The van der Waals surface area contributed by atoms with Crippen molar-refractivity contribution in [2.75, 3.05) is 18.6 Å². The summed E-state index contributed by atoms with van der Waals surface area (Å²) in [5, 5.41) is 12.1. The Morgan fingerprint density at radius 3 is 2.50 bits per heavy atom. The van der Waals surface area contributed by atoms with Crippen LogP contribution in [-0.4, -0.2) is 35.7 Å². The van der Waals surface area contributed by atoms with E-state index in [0.29, 0.717) is 12.0 Å². The second kappa shape index (κ2) is 8.61. The highest BCUT2D eigenvalue weighted by Gasteiger charge is 2.16. The number of benzene rings is 2. The Balaban J connectivity index is 2.23. The van der Waals surface area contributed by atoms with Crippen molar-refractivity contribution in [1.29, 1.82) is 0 Å². The number of carbonyl (C=O) groups excluding carboxylic acids is 1. The fourth-order valence-electron chi connectivity index (χ4n) is 2.37. The summed E-state index contributed by atoms with van der Waals surface area (Å²) < 4.78 is 0. The van der Waals surface area contributed by atoms with Gasteiger partial charge in [0.1, 0.15) is 0 Å². The number of hydrogen-bond acceptors (Lipinski definition) is 3. The summed E-state index contributed by atoms with van der Waals surface area (Å²) in [4.78, 5) is 12.6. The number of hydrogen-bond donors (Lipinski definition) is 2. The number of amides is 1. The average molecular weight is 315 g/mol. The van der Waals surface area contributed by atoms with Gasteiger partial charge in [0.2, 0.25) is 0 Å². The van der Waals surface area contributed by atoms with Crippen molar-refractivity contribution in [3.63, 3.8) is 0 Å². The SMILES string of the molecule is CSCC(CCO)NC(=O)c1ccccc1-c1ccccc1. The van der Waals surface area contributed by atoms with Crippen LogP contribution in [0.2, 0.25) is 0 Å². The Bertz CT molecular complexity index is 595. The van der Waals surface area contributed by atoms with Gasteiger partial charge < -0.3 is 10.4 Å². The first-order valence-corrected chi connectivity index (χ1v) is 8.70. The van der Waals surface area contributed by atoms with E-state index < -0.39 is 0 Å². The topological polar surface area (TPSA) is 49.3 Å². The van der Waals surface area contributed by atoms with Crippen LogP contribution in [0.1, 0.15) is 16.8 Å². The summed E-state index contributed by atoms with van der Waals surface area (Å²) in [7, 11) is 0. The molecule has 0 saturated carbocycles. The van der Waals surface area contributed by atoms with Crippen molar-refractivity contribution in [3.8, 4) is 11.1 Å². The molecule has 0 radical (unpaired) electrons. The Labute approximate surface area is 135 Å². The van der Waals surface area contributed by atoms with Crippen LogP contribution in [0.5, 0.6) is 0 Å². The molecule has 1 unspecified atom stereocenters. The summed E-state index contributed by atoms with van der Waals surface area (Å²) in [6.07, 6.45) is 2.56. The third-order valence-corrected chi connectivity index (χ3v) is 4.17. The maximum atomic E-state index is 12.6. The summed E-state index contributed by atoms with van der Waals surface area (Å²) in [5.41, 5.74) is 2.61. The first-order chi connectivity index (χ1) is 10.8. The Morgan fingerprint density at radius 1 is 1.14 bits per heavy atom. The second-order valence-corrected chi connectivity index (χ2v) is 5.96. The molecule has 2 rings (SSSR count). The number of rotatable bonds is 7. The van der Waals surface area contributed by atoms with Gasteiger partial charge in [-0.15, -0.1) is 0 Å². The molecule has 2 aromatic rings. The summed E-state index contributed by atoms with van der Waals surface area (Å²) in [6.45, 7) is 0.0752. The first kappa shape index (κ1) is 16.6. The van der Waals surface area contributed by atoms with Crippen molar-refractivity contribution in [2.24, 2.45) is 0 Å². The van der Waals surface area contributed by atoms with E-state index in [2.05, 4.69) is 5.32 Å². The minimum atomic E-state index is -0.0908. The summed E-state index contributed by atoms with van der Waals surface area (Å²) >= 11 is 1.66. The molecule has 0 aliphatic heterocycles. The highest BCUT2D eigenvalue weighted by Crippen LogP contribution is 2.23. The third-order valence-electron chi connectivity index (χ3n) is 3.44. The van der Waals surface area contributed by atoms with Gasteiger partial charge in [-0.2, -0.15) is 11.8 Å². The van der Waals surface area contributed by atoms with Gasteiger partial charge in [0, 0.05) is 24.0 Å². The molecule has 116 valence electrons. The lowest BCUT2D eigenvalue weighted by Gasteiger charge is -2.18. The van der Waals surface area contributed by atoms with Gasteiger partial charge in [-0.05, 0) is 29.9 Å². The van der Waals surface area contributed by atoms with E-state index in [-0.39, 0.29) is 18.6 Å². The molecule has 0 aromatic heterocycles. The Hall–Kier alpha value is -1.78. The molecule has 22 heavy (non-hydrogen) atoms. The number of aliphatic hydroxyl groups excluding tert-OH is 1. The molecule has 3 nitrogen and oxygen atoms in total. The largest absolute Gasteiger partial charge is 0.396 e. The van der Waals surface area contributed by atoms with E-state index in [4.69, 9.17) is 5.11 Å². The Morgan fingerprint density at radius 2 is 1.82 bits per heavy atom. The molecule has 2 N–H and O–H groups in total. The smallest absolute Gasteiger partial charge is 0.252 e. The molecule has 2 aromatic carbocycles. The van der Waals surface area contributed by atoms with E-state index in [1.54, 1.807) is 11.8 Å². The van der Waals surface area contributed by atoms with Crippen molar-refractivity contribution >= 4 is 17.7 Å². The molecule has 1 atom stereocenters. The maximum Gasteiger partial charge on any atom is 0.252 e. The molecule has 4 heteroatoms. The molecule has 0 spiro atoms. The van der Waals surface area contributed by atoms with Crippen molar-refractivity contribution in [2.45, 2.75) is 12.5 Å². The van der Waals surface area contributed by atoms with E-state index in [9.17, 15) is 4.79 Å². The van der Waals surface area contributed by atoms with Gasteiger partial charge in [0.25, 0.3) is 5.91 Å². The van der Waals surface area contributed by atoms with Crippen LogP contribution >= 0.6 is 11.8 Å². The Kier molecular flexibility index (Phi) is 6.49. The molecular formula is C18H21NO2S. The van der Waals surface area contributed by atoms with Gasteiger partial charge in [0.05, 0.1) is 0 Å². The zero-order valence-electron chi connectivity index (χ0n) is 12.7. The minimum absolute atomic E-state index is 0.0173. The van der Waals surface area contributed by atoms with Gasteiger partial charge in [-0.25, -0.2) is 0 Å². The van der Waals surface area contributed by atoms with Crippen LogP contribution < -0.4 is 5.32 Å². The monoisotopic (exact) mass is 315 g/mol. The second-order valence-electron chi connectivity index (χ2n) is 5.05. The van der Waals surface area contributed by atoms with Gasteiger partial charge >= 0.3 is 0 Å². The lowest BCUT2D eigenvalue weighted by atomic mass is 9.99. The minimum Gasteiger partial charge on any atom is -0.396 e. The lowest BCUT2D eigenvalue weighted by molar-refractivity contribution is 0.0936. The molecule has 0 aliphatic rings. The van der Waals surface area contributed by atoms with Crippen LogP contribution in [0.25, 0.3) is 11.1 Å². The molecule has 0 bridgehead atoms. The van der Waals surface area contributed by atoms with Crippen molar-refractivity contribution in [3.05, 3.63) is 60.2 Å². The number of thioether (sulfide) groups is 1. The molecule has 0 fully saturated rings. The molecule has 1 amide bonds. The van der Waals surface area contributed by atoms with Crippen LogP contribution in [0, 0.1) is 0 Å². The molecule has 0 aliphatic carbocycles. The van der Waals surface area contributed by atoms with E-state index in [1.165, 1.54) is 0 Å². The first-order valence-electron chi connectivity index (χ1n) is 7.31. The van der Waals surface area contributed by atoms with Crippen LogP contribution in [0.3, 0.4) is 0 Å². The number of nitrogens with one attached hydrogen (secondary N) is 1. The molecular weight excluding hydrogens is 294 g/mol. The van der Waals surface area contributed by atoms with Crippen LogP contribution in [-0.2, 0) is 0 Å². The van der Waals surface area contributed by atoms with Crippen LogP contribution in [0.4, 0.5) is 0 Å². The van der Waals surface area contributed by atoms with Gasteiger partial charge in [-0.1, -0.05) is 48.5 Å². The highest BCUT2D eigenvalue weighted by atomic mass is 32.2. The van der Waals surface area contributed by atoms with Gasteiger partial charge in [0.15, 0.2) is 0 Å². The van der Waals surface area contributed by atoms with E-state index in [1.807, 2.05) is 60.9 Å². The number of aliphatic hydroxyl groups is 1. The predicted molar refractivity (Wildman–Crippen MR) is 93.2 cm³/mol. The lowest BCUT2D eigenvalue weighted by Crippen LogP contribution is -2.37. The zero-order chi connectivity index (χ0) is 15.8. The summed E-state index contributed by atoms with van der Waals surface area (Å²) in [6, 6.07) is 17.5. The quantitative estimate of drug-likeness (QED) is 0.825. The van der Waals surface area contributed by atoms with E-state index in [0.717, 1.165) is 16.9 Å². The molecule has 0 saturated heterocycles. The van der Waals surface area contributed by atoms with Crippen molar-refractivity contribution in [1.82, 2.24) is 5.32 Å². The molecule has 0 heterocycles. The van der Waals surface area contributed by atoms with Crippen molar-refractivity contribution < 1.29 is 9.90 Å². The normalized spacial score (nSPS) is 11.9. The van der Waals surface area contributed by atoms with E-state index >= 15 is 0 Å². The van der Waals surface area contributed by atoms with Gasteiger partial charge in [-0.3, -0.25) is 4.79 Å². The number of carbonyl (C=O) groups is 1. The predicted octanol–water partition coefficient (Wildman–Crippen LogP) is 3.20. The fourth-order valence-corrected chi connectivity index (χ4v) is 3.02. The highest BCUT2D eigenvalue weighted by molar-refractivity contribution is 7.98. The summed E-state index contributed by atoms with van der Waals surface area (Å²) in [5.74, 6) is 0.701. The average Bonchev–Trinajstić information content (AvgIpc) is 2.56. The zero-order valence-corrected chi connectivity index (χ0v) is 13.5.